The Morgan fingerprint density at radius 2 is 0.784 bits per heavy atom. The van der Waals surface area contributed by atoms with Crippen LogP contribution >= 0.6 is 0 Å². The van der Waals surface area contributed by atoms with Crippen molar-refractivity contribution in [3.63, 3.8) is 0 Å². The summed E-state index contributed by atoms with van der Waals surface area (Å²) in [5.74, 6) is 0.364. The number of phenols is 2. The predicted octanol–water partition coefficient (Wildman–Crippen LogP) is 3.54. The molecule has 0 unspecified atom stereocenters. The van der Waals surface area contributed by atoms with Crippen molar-refractivity contribution in [3.8, 4) is 23.0 Å². The Morgan fingerprint density at radius 3 is 1.05 bits per heavy atom. The summed E-state index contributed by atoms with van der Waals surface area (Å²) in [5.41, 5.74) is 0. The molecule has 4 rings (SSSR count). The standard InChI is InChI=1S/C26H22O9S2/c27-17-26(34-20-5-13-24(14-6-20)36(30,31)22-9-1-18(28)2-10-22)35-21-7-15-25(16-8-21)37(32,33)23-11-3-19(29)4-12-23/h1-16,26-29H,17H2. The molecule has 0 aromatic heterocycles. The van der Waals surface area contributed by atoms with Crippen LogP contribution in [0.15, 0.2) is 117 Å². The summed E-state index contributed by atoms with van der Waals surface area (Å²) in [4.78, 5) is 0.0627. The lowest BCUT2D eigenvalue weighted by molar-refractivity contribution is -0.0350. The van der Waals surface area contributed by atoms with E-state index in [-0.39, 0.29) is 42.6 Å². The smallest absolute Gasteiger partial charge is 0.263 e. The molecule has 0 heterocycles. The van der Waals surface area contributed by atoms with Crippen LogP contribution in [0.1, 0.15) is 0 Å². The average Bonchev–Trinajstić information content (AvgIpc) is 2.89. The normalized spacial score (nSPS) is 11.8. The molecule has 0 bridgehead atoms. The molecule has 0 saturated carbocycles. The molecule has 0 spiro atoms. The molecule has 4 aromatic rings. The van der Waals surface area contributed by atoms with Gasteiger partial charge in [-0.1, -0.05) is 0 Å². The fourth-order valence-electron chi connectivity index (χ4n) is 3.32. The third-order valence-corrected chi connectivity index (χ3v) is 8.82. The van der Waals surface area contributed by atoms with E-state index in [4.69, 9.17) is 9.47 Å². The van der Waals surface area contributed by atoms with Crippen LogP contribution in [0.5, 0.6) is 23.0 Å². The number of phenolic OH excluding ortho intramolecular Hbond substituents is 2. The molecule has 0 aliphatic heterocycles. The first kappa shape index (κ1) is 26.0. The largest absolute Gasteiger partial charge is 0.508 e. The van der Waals surface area contributed by atoms with Crippen molar-refractivity contribution < 1.29 is 41.6 Å². The van der Waals surface area contributed by atoms with Crippen LogP contribution in [0.25, 0.3) is 0 Å². The highest BCUT2D eigenvalue weighted by Crippen LogP contribution is 2.27. The summed E-state index contributed by atoms with van der Waals surface area (Å²) in [6, 6.07) is 21.3. The maximum Gasteiger partial charge on any atom is 0.263 e. The van der Waals surface area contributed by atoms with Crippen LogP contribution in [0, 0.1) is 0 Å². The molecular weight excluding hydrogens is 520 g/mol. The Kier molecular flexibility index (Phi) is 7.39. The van der Waals surface area contributed by atoms with E-state index in [1.165, 1.54) is 97.1 Å². The van der Waals surface area contributed by atoms with Gasteiger partial charge in [-0.2, -0.15) is 0 Å². The van der Waals surface area contributed by atoms with E-state index in [1.54, 1.807) is 0 Å². The molecule has 0 fully saturated rings. The van der Waals surface area contributed by atoms with Gasteiger partial charge < -0.3 is 24.8 Å². The van der Waals surface area contributed by atoms with Crippen molar-refractivity contribution in [1.82, 2.24) is 0 Å². The zero-order valence-corrected chi connectivity index (χ0v) is 20.8. The molecule has 0 atom stereocenters. The van der Waals surface area contributed by atoms with Gasteiger partial charge in [-0.25, -0.2) is 16.8 Å². The summed E-state index contributed by atoms with van der Waals surface area (Å²) < 4.78 is 62.1. The molecule has 3 N–H and O–H groups in total. The van der Waals surface area contributed by atoms with Gasteiger partial charge in [-0.15, -0.1) is 0 Å². The number of benzene rings is 4. The first-order valence-corrected chi connectivity index (χ1v) is 13.8. The number of aromatic hydroxyl groups is 2. The van der Waals surface area contributed by atoms with Crippen LogP contribution in [0.3, 0.4) is 0 Å². The van der Waals surface area contributed by atoms with Gasteiger partial charge in [0.1, 0.15) is 29.6 Å². The molecule has 11 heteroatoms. The van der Waals surface area contributed by atoms with Gasteiger partial charge in [0.05, 0.1) is 19.6 Å². The maximum atomic E-state index is 12.7. The monoisotopic (exact) mass is 542 g/mol. The number of aliphatic hydroxyl groups excluding tert-OH is 1. The topological polar surface area (TPSA) is 147 Å². The third-order valence-electron chi connectivity index (χ3n) is 5.25. The van der Waals surface area contributed by atoms with Crippen molar-refractivity contribution in [2.45, 2.75) is 25.9 Å². The lowest BCUT2D eigenvalue weighted by Gasteiger charge is -2.19. The summed E-state index contributed by atoms with van der Waals surface area (Å²) in [7, 11) is -7.60. The second kappa shape index (κ2) is 10.5. The van der Waals surface area contributed by atoms with E-state index >= 15 is 0 Å². The SMILES string of the molecule is O=S(=O)(c1ccc(O)cc1)c1ccc(OC(CO)Oc2ccc(S(=O)(=O)c3ccc(O)cc3)cc2)cc1. The Hall–Kier alpha value is -4.06. The van der Waals surface area contributed by atoms with Gasteiger partial charge in [0.25, 0.3) is 6.29 Å². The molecule has 9 nitrogen and oxygen atoms in total. The Morgan fingerprint density at radius 1 is 0.514 bits per heavy atom. The third kappa shape index (κ3) is 5.85. The van der Waals surface area contributed by atoms with Gasteiger partial charge in [0, 0.05) is 0 Å². The Balaban J connectivity index is 1.44. The summed E-state index contributed by atoms with van der Waals surface area (Å²) >= 11 is 0. The lowest BCUT2D eigenvalue weighted by atomic mass is 10.3. The fourth-order valence-corrected chi connectivity index (χ4v) is 5.84. The molecule has 0 amide bonds. The summed E-state index contributed by atoms with van der Waals surface area (Å²) in [6.45, 7) is -0.541. The van der Waals surface area contributed by atoms with Crippen LogP contribution < -0.4 is 9.47 Å². The zero-order valence-electron chi connectivity index (χ0n) is 19.1. The minimum atomic E-state index is -3.80. The first-order valence-electron chi connectivity index (χ1n) is 10.8. The number of ether oxygens (including phenoxy) is 2. The predicted molar refractivity (Wildman–Crippen MR) is 132 cm³/mol. The van der Waals surface area contributed by atoms with Crippen LogP contribution in [-0.2, 0) is 19.7 Å². The van der Waals surface area contributed by atoms with E-state index in [9.17, 15) is 32.2 Å². The fraction of sp³-hybridized carbons (Fsp3) is 0.0769. The van der Waals surface area contributed by atoms with Crippen molar-refractivity contribution in [2.75, 3.05) is 6.61 Å². The van der Waals surface area contributed by atoms with Crippen LogP contribution in [-0.4, -0.2) is 45.1 Å². The molecule has 0 aliphatic carbocycles. The highest BCUT2D eigenvalue weighted by molar-refractivity contribution is 7.91. The van der Waals surface area contributed by atoms with Gasteiger partial charge in [0.15, 0.2) is 0 Å². The van der Waals surface area contributed by atoms with Crippen LogP contribution in [0.4, 0.5) is 0 Å². The summed E-state index contributed by atoms with van der Waals surface area (Å²) in [6.07, 6.45) is -1.15. The number of hydrogen-bond acceptors (Lipinski definition) is 9. The molecular formula is C26H22O9S2. The van der Waals surface area contributed by atoms with E-state index in [1.807, 2.05) is 0 Å². The molecule has 0 aliphatic rings. The zero-order chi connectivity index (χ0) is 26.6. The van der Waals surface area contributed by atoms with Crippen molar-refractivity contribution >= 4 is 19.7 Å². The molecule has 4 aromatic carbocycles. The second-order valence-electron chi connectivity index (χ2n) is 7.79. The highest BCUT2D eigenvalue weighted by atomic mass is 32.2. The minimum absolute atomic E-state index is 0.0115. The Bertz CT molecular complexity index is 1440. The van der Waals surface area contributed by atoms with E-state index in [2.05, 4.69) is 0 Å². The second-order valence-corrected chi connectivity index (χ2v) is 11.7. The van der Waals surface area contributed by atoms with E-state index < -0.39 is 32.6 Å². The van der Waals surface area contributed by atoms with Crippen molar-refractivity contribution in [3.05, 3.63) is 97.1 Å². The molecule has 37 heavy (non-hydrogen) atoms. The van der Waals surface area contributed by atoms with Gasteiger partial charge >= 0.3 is 0 Å². The van der Waals surface area contributed by atoms with Crippen molar-refractivity contribution in [1.29, 1.82) is 0 Å². The first-order chi connectivity index (χ1) is 17.6. The average molecular weight is 543 g/mol. The minimum Gasteiger partial charge on any atom is -0.508 e. The van der Waals surface area contributed by atoms with Gasteiger partial charge in [-0.05, 0) is 97.1 Å². The molecule has 192 valence electrons. The number of aliphatic hydroxyl groups is 1. The van der Waals surface area contributed by atoms with Crippen LogP contribution in [0.2, 0.25) is 0 Å². The quantitative estimate of drug-likeness (QED) is 0.270. The number of hydrogen-bond donors (Lipinski definition) is 3. The molecule has 0 radical (unpaired) electrons. The van der Waals surface area contributed by atoms with E-state index in [0.717, 1.165) is 0 Å². The highest BCUT2D eigenvalue weighted by Gasteiger charge is 2.20. The van der Waals surface area contributed by atoms with Gasteiger partial charge in [-0.3, -0.25) is 0 Å². The summed E-state index contributed by atoms with van der Waals surface area (Å²) in [5, 5.41) is 28.4. The number of sulfone groups is 2. The lowest BCUT2D eigenvalue weighted by Crippen LogP contribution is -2.28. The molecule has 0 saturated heterocycles. The Labute approximate surface area is 213 Å². The maximum absolute atomic E-state index is 12.7. The van der Waals surface area contributed by atoms with Crippen molar-refractivity contribution in [2.24, 2.45) is 0 Å². The number of rotatable bonds is 9. The van der Waals surface area contributed by atoms with E-state index in [0.29, 0.717) is 0 Å². The van der Waals surface area contributed by atoms with Gasteiger partial charge in [0.2, 0.25) is 19.7 Å².